The minimum atomic E-state index is 0.241. The molecule has 1 aromatic heterocycles. The lowest BCUT2D eigenvalue weighted by atomic mass is 10.1. The van der Waals surface area contributed by atoms with Crippen LogP contribution in [0.1, 0.15) is 44.7 Å². The van der Waals surface area contributed by atoms with Gasteiger partial charge in [0.15, 0.2) is 0 Å². The van der Waals surface area contributed by atoms with Gasteiger partial charge in [0.1, 0.15) is 5.69 Å². The Hall–Kier alpha value is -1.23. The summed E-state index contributed by atoms with van der Waals surface area (Å²) in [6.07, 6.45) is 2.70. The Labute approximate surface area is 103 Å². The van der Waals surface area contributed by atoms with Crippen LogP contribution in [0.25, 0.3) is 0 Å². The highest BCUT2D eigenvalue weighted by Gasteiger charge is 2.16. The first kappa shape index (κ1) is 13.8. The predicted molar refractivity (Wildman–Crippen MR) is 68.1 cm³/mol. The SMILES string of the molecule is CC(C)c1nn(C)c(OCCCCCO)c1N. The molecule has 3 N–H and O–H groups in total. The second-order valence-corrected chi connectivity index (χ2v) is 4.52. The van der Waals surface area contributed by atoms with Gasteiger partial charge in [-0.15, -0.1) is 0 Å². The van der Waals surface area contributed by atoms with E-state index in [1.165, 1.54) is 0 Å². The van der Waals surface area contributed by atoms with Gasteiger partial charge in [0.25, 0.3) is 0 Å². The Morgan fingerprint density at radius 3 is 2.59 bits per heavy atom. The van der Waals surface area contributed by atoms with E-state index in [9.17, 15) is 0 Å². The first-order valence-electron chi connectivity index (χ1n) is 6.14. The number of anilines is 1. The second kappa shape index (κ2) is 6.49. The molecule has 0 atom stereocenters. The van der Waals surface area contributed by atoms with Crippen molar-refractivity contribution in [1.82, 2.24) is 9.78 Å². The molecule has 98 valence electrons. The zero-order chi connectivity index (χ0) is 12.8. The zero-order valence-corrected chi connectivity index (χ0v) is 10.9. The van der Waals surface area contributed by atoms with Crippen molar-refractivity contribution < 1.29 is 9.84 Å². The van der Waals surface area contributed by atoms with E-state index >= 15 is 0 Å². The van der Waals surface area contributed by atoms with Gasteiger partial charge in [-0.05, 0) is 25.2 Å². The monoisotopic (exact) mass is 241 g/mol. The normalized spacial score (nSPS) is 11.1. The lowest BCUT2D eigenvalue weighted by Crippen LogP contribution is -2.04. The third kappa shape index (κ3) is 3.63. The van der Waals surface area contributed by atoms with Gasteiger partial charge in [0.05, 0.1) is 12.3 Å². The number of aliphatic hydroxyl groups excluding tert-OH is 1. The lowest BCUT2D eigenvalue weighted by molar-refractivity contribution is 0.257. The van der Waals surface area contributed by atoms with Crippen LogP contribution in [0, 0.1) is 0 Å². The molecule has 0 unspecified atom stereocenters. The van der Waals surface area contributed by atoms with Crippen molar-refractivity contribution >= 4 is 5.69 Å². The average Bonchev–Trinajstić information content (AvgIpc) is 2.56. The van der Waals surface area contributed by atoms with E-state index < -0.39 is 0 Å². The van der Waals surface area contributed by atoms with E-state index in [-0.39, 0.29) is 6.61 Å². The fourth-order valence-electron chi connectivity index (χ4n) is 1.70. The summed E-state index contributed by atoms with van der Waals surface area (Å²) in [5.41, 5.74) is 7.53. The molecule has 0 aliphatic carbocycles. The molecule has 0 saturated heterocycles. The number of hydrogen-bond donors (Lipinski definition) is 2. The van der Waals surface area contributed by atoms with Gasteiger partial charge < -0.3 is 15.6 Å². The van der Waals surface area contributed by atoms with E-state index in [2.05, 4.69) is 18.9 Å². The molecule has 0 amide bonds. The van der Waals surface area contributed by atoms with Crippen LogP contribution in [0.15, 0.2) is 0 Å². The number of hydrogen-bond acceptors (Lipinski definition) is 4. The fraction of sp³-hybridized carbons (Fsp3) is 0.750. The van der Waals surface area contributed by atoms with Gasteiger partial charge in [-0.25, -0.2) is 4.68 Å². The van der Waals surface area contributed by atoms with Crippen LogP contribution in [-0.4, -0.2) is 28.1 Å². The van der Waals surface area contributed by atoms with Crippen molar-refractivity contribution in [3.8, 4) is 5.88 Å². The highest BCUT2D eigenvalue weighted by atomic mass is 16.5. The highest BCUT2D eigenvalue weighted by Crippen LogP contribution is 2.29. The highest BCUT2D eigenvalue weighted by molar-refractivity contribution is 5.54. The van der Waals surface area contributed by atoms with E-state index in [1.807, 2.05) is 7.05 Å². The van der Waals surface area contributed by atoms with Crippen molar-refractivity contribution in [3.05, 3.63) is 5.69 Å². The Morgan fingerprint density at radius 1 is 1.35 bits per heavy atom. The molecule has 17 heavy (non-hydrogen) atoms. The summed E-state index contributed by atoms with van der Waals surface area (Å²) in [6, 6.07) is 0. The quantitative estimate of drug-likeness (QED) is 0.712. The number of rotatable bonds is 7. The molecule has 0 saturated carbocycles. The summed E-state index contributed by atoms with van der Waals surface area (Å²) in [5.74, 6) is 0.950. The van der Waals surface area contributed by atoms with Crippen molar-refractivity contribution in [2.24, 2.45) is 7.05 Å². The smallest absolute Gasteiger partial charge is 0.235 e. The third-order valence-electron chi connectivity index (χ3n) is 2.65. The maximum Gasteiger partial charge on any atom is 0.235 e. The number of unbranched alkanes of at least 4 members (excludes halogenated alkanes) is 2. The van der Waals surface area contributed by atoms with Gasteiger partial charge in [-0.1, -0.05) is 13.8 Å². The van der Waals surface area contributed by atoms with Crippen molar-refractivity contribution in [3.63, 3.8) is 0 Å². The number of nitrogens with two attached hydrogens (primary N) is 1. The number of nitrogens with zero attached hydrogens (tertiary/aromatic N) is 2. The Bertz CT molecular complexity index is 348. The van der Waals surface area contributed by atoms with Crippen LogP contribution in [-0.2, 0) is 7.05 Å². The number of ether oxygens (including phenoxy) is 1. The van der Waals surface area contributed by atoms with Crippen LogP contribution in [0.2, 0.25) is 0 Å². The number of aromatic nitrogens is 2. The van der Waals surface area contributed by atoms with E-state index in [0.29, 0.717) is 24.1 Å². The van der Waals surface area contributed by atoms with Crippen molar-refractivity contribution in [2.45, 2.75) is 39.0 Å². The van der Waals surface area contributed by atoms with E-state index in [1.54, 1.807) is 4.68 Å². The molecule has 0 bridgehead atoms. The van der Waals surface area contributed by atoms with Crippen LogP contribution >= 0.6 is 0 Å². The summed E-state index contributed by atoms with van der Waals surface area (Å²) in [5, 5.41) is 13.0. The van der Waals surface area contributed by atoms with Crippen molar-refractivity contribution in [2.75, 3.05) is 18.9 Å². The van der Waals surface area contributed by atoms with Gasteiger partial charge in [0.2, 0.25) is 5.88 Å². The molecule has 5 nitrogen and oxygen atoms in total. The number of nitrogen functional groups attached to an aromatic ring is 1. The number of aryl methyl sites for hydroxylation is 1. The maximum atomic E-state index is 8.66. The molecule has 0 aliphatic rings. The van der Waals surface area contributed by atoms with Crippen LogP contribution in [0.5, 0.6) is 5.88 Å². The Morgan fingerprint density at radius 2 is 2.06 bits per heavy atom. The van der Waals surface area contributed by atoms with Gasteiger partial charge >= 0.3 is 0 Å². The lowest BCUT2D eigenvalue weighted by Gasteiger charge is -2.07. The molecule has 5 heteroatoms. The summed E-state index contributed by atoms with van der Waals surface area (Å²) < 4.78 is 7.33. The minimum absolute atomic E-state index is 0.241. The molecule has 0 radical (unpaired) electrons. The van der Waals surface area contributed by atoms with Gasteiger partial charge in [0, 0.05) is 13.7 Å². The maximum absolute atomic E-state index is 8.66. The standard InChI is InChI=1S/C12H23N3O2/c1-9(2)11-10(13)12(15(3)14-11)17-8-6-4-5-7-16/h9,16H,4-8,13H2,1-3H3. The first-order valence-corrected chi connectivity index (χ1v) is 6.14. The van der Waals surface area contributed by atoms with E-state index in [0.717, 1.165) is 25.0 Å². The molecule has 0 aromatic carbocycles. The van der Waals surface area contributed by atoms with Crippen LogP contribution in [0.3, 0.4) is 0 Å². The summed E-state index contributed by atoms with van der Waals surface area (Å²) in [4.78, 5) is 0. The molecule has 1 rings (SSSR count). The van der Waals surface area contributed by atoms with Gasteiger partial charge in [-0.3, -0.25) is 0 Å². The molecule has 0 aliphatic heterocycles. The molecule has 0 fully saturated rings. The predicted octanol–water partition coefficient (Wildman–Crippen LogP) is 1.67. The molecular weight excluding hydrogens is 218 g/mol. The largest absolute Gasteiger partial charge is 0.476 e. The molecular formula is C12H23N3O2. The Balaban J connectivity index is 2.53. The number of aliphatic hydroxyl groups is 1. The first-order chi connectivity index (χ1) is 8.07. The summed E-state index contributed by atoms with van der Waals surface area (Å²) in [6.45, 7) is 4.97. The van der Waals surface area contributed by atoms with Crippen molar-refractivity contribution in [1.29, 1.82) is 0 Å². The fourth-order valence-corrected chi connectivity index (χ4v) is 1.70. The Kier molecular flexibility index (Phi) is 5.28. The topological polar surface area (TPSA) is 73.3 Å². The van der Waals surface area contributed by atoms with Gasteiger partial charge in [-0.2, -0.15) is 5.10 Å². The minimum Gasteiger partial charge on any atom is -0.476 e. The average molecular weight is 241 g/mol. The second-order valence-electron chi connectivity index (χ2n) is 4.52. The summed E-state index contributed by atoms with van der Waals surface area (Å²) >= 11 is 0. The zero-order valence-electron chi connectivity index (χ0n) is 10.9. The molecule has 1 aromatic rings. The molecule has 1 heterocycles. The van der Waals surface area contributed by atoms with Crippen LogP contribution < -0.4 is 10.5 Å². The van der Waals surface area contributed by atoms with E-state index in [4.69, 9.17) is 15.6 Å². The van der Waals surface area contributed by atoms with Crippen LogP contribution in [0.4, 0.5) is 5.69 Å². The summed E-state index contributed by atoms with van der Waals surface area (Å²) in [7, 11) is 1.84. The molecule has 0 spiro atoms. The third-order valence-corrected chi connectivity index (χ3v) is 2.65.